The minimum atomic E-state index is 0.759. The molecule has 0 amide bonds. The van der Waals surface area contributed by atoms with Gasteiger partial charge in [-0.05, 0) is 42.0 Å². The second-order valence-corrected chi connectivity index (χ2v) is 7.28. The van der Waals surface area contributed by atoms with Gasteiger partial charge in [0, 0.05) is 34.6 Å². The van der Waals surface area contributed by atoms with Crippen molar-refractivity contribution < 1.29 is 0 Å². The molecule has 0 unspecified atom stereocenters. The van der Waals surface area contributed by atoms with E-state index >= 15 is 0 Å². The quantitative estimate of drug-likeness (QED) is 0.561. The molecule has 124 valence electrons. The number of hydrogen-bond acceptors (Lipinski definition) is 3. The zero-order valence-corrected chi connectivity index (χ0v) is 15.2. The molecule has 0 saturated carbocycles. The van der Waals surface area contributed by atoms with Gasteiger partial charge >= 0.3 is 0 Å². The van der Waals surface area contributed by atoms with Gasteiger partial charge in [0.25, 0.3) is 0 Å². The highest BCUT2D eigenvalue weighted by Crippen LogP contribution is 2.32. The van der Waals surface area contributed by atoms with Crippen molar-refractivity contribution in [2.45, 2.75) is 5.75 Å². The summed E-state index contributed by atoms with van der Waals surface area (Å²) in [6.07, 6.45) is 8.40. The highest BCUT2D eigenvalue weighted by Gasteiger charge is 2.14. The molecule has 1 aliphatic rings. The zero-order valence-electron chi connectivity index (χ0n) is 13.6. The third-order valence-corrected chi connectivity index (χ3v) is 5.45. The molecule has 0 saturated heterocycles. The van der Waals surface area contributed by atoms with Gasteiger partial charge < -0.3 is 4.90 Å². The van der Waals surface area contributed by atoms with E-state index in [9.17, 15) is 0 Å². The topological polar surface area (TPSA) is 16.1 Å². The summed E-state index contributed by atoms with van der Waals surface area (Å²) in [5.41, 5.74) is 3.38. The van der Waals surface area contributed by atoms with Crippen molar-refractivity contribution in [1.82, 2.24) is 4.98 Å². The molecule has 2 aromatic carbocycles. The predicted molar refractivity (Wildman–Crippen MR) is 109 cm³/mol. The lowest BCUT2D eigenvalue weighted by Crippen LogP contribution is -2.22. The van der Waals surface area contributed by atoms with Crippen molar-refractivity contribution in [3.63, 3.8) is 0 Å². The Morgan fingerprint density at radius 1 is 1.08 bits per heavy atom. The van der Waals surface area contributed by atoms with Crippen molar-refractivity contribution in [3.8, 4) is 0 Å². The second-order valence-electron chi connectivity index (χ2n) is 5.85. The third kappa shape index (κ3) is 3.73. The summed E-state index contributed by atoms with van der Waals surface area (Å²) in [4.78, 5) is 6.84. The molecule has 4 rings (SSSR count). The lowest BCUT2D eigenvalue weighted by atomic mass is 10.2. The van der Waals surface area contributed by atoms with E-state index in [1.165, 1.54) is 16.0 Å². The normalized spacial score (nSPS) is 14.0. The Kier molecular flexibility index (Phi) is 4.77. The third-order valence-electron chi connectivity index (χ3n) is 4.08. The summed E-state index contributed by atoms with van der Waals surface area (Å²) in [7, 11) is 0. The van der Waals surface area contributed by atoms with Crippen LogP contribution in [-0.4, -0.2) is 11.5 Å². The maximum Gasteiger partial charge on any atom is 0.0758 e. The summed E-state index contributed by atoms with van der Waals surface area (Å²) < 4.78 is 0. The lowest BCUT2D eigenvalue weighted by Gasteiger charge is -2.28. The first-order valence-electron chi connectivity index (χ1n) is 8.16. The SMILES string of the molecule is Clc1cccc(N2CC=CC=C2SCc2cnc3ccccc3c2)c1. The van der Waals surface area contributed by atoms with Crippen LogP contribution in [0, 0.1) is 0 Å². The van der Waals surface area contributed by atoms with Crippen molar-refractivity contribution >= 4 is 40.0 Å². The van der Waals surface area contributed by atoms with Crippen LogP contribution >= 0.6 is 23.4 Å². The first-order chi connectivity index (χ1) is 12.3. The largest absolute Gasteiger partial charge is 0.332 e. The molecule has 0 fully saturated rings. The van der Waals surface area contributed by atoms with Crippen LogP contribution in [0.25, 0.3) is 10.9 Å². The van der Waals surface area contributed by atoms with Gasteiger partial charge in [-0.15, -0.1) is 11.8 Å². The highest BCUT2D eigenvalue weighted by molar-refractivity contribution is 8.02. The Morgan fingerprint density at radius 3 is 2.92 bits per heavy atom. The van der Waals surface area contributed by atoms with E-state index in [0.29, 0.717) is 0 Å². The Labute approximate surface area is 156 Å². The van der Waals surface area contributed by atoms with Crippen LogP contribution in [0.4, 0.5) is 5.69 Å². The number of thioether (sulfide) groups is 1. The minimum absolute atomic E-state index is 0.759. The number of rotatable bonds is 4. The van der Waals surface area contributed by atoms with Gasteiger partial charge in [-0.25, -0.2) is 0 Å². The van der Waals surface area contributed by atoms with Gasteiger partial charge in [0.15, 0.2) is 0 Å². The van der Waals surface area contributed by atoms with Crippen LogP contribution in [-0.2, 0) is 5.75 Å². The number of anilines is 1. The van der Waals surface area contributed by atoms with Gasteiger partial charge in [0.1, 0.15) is 0 Å². The average Bonchev–Trinajstić information content (AvgIpc) is 2.66. The van der Waals surface area contributed by atoms with E-state index in [2.05, 4.69) is 52.4 Å². The first kappa shape index (κ1) is 16.2. The summed E-state index contributed by atoms with van der Waals surface area (Å²) >= 11 is 7.98. The molecule has 3 aromatic rings. The standard InChI is InChI=1S/C21H17ClN2S/c22-18-7-5-8-19(13-18)24-11-4-3-10-21(24)25-15-16-12-17-6-1-2-9-20(17)23-14-16/h1-10,12-14H,11,15H2. The zero-order chi connectivity index (χ0) is 17.1. The molecule has 0 atom stereocenters. The van der Waals surface area contributed by atoms with Crippen LogP contribution in [0.5, 0.6) is 0 Å². The van der Waals surface area contributed by atoms with Crippen molar-refractivity contribution in [2.75, 3.05) is 11.4 Å². The Bertz CT molecular complexity index is 965. The van der Waals surface area contributed by atoms with Gasteiger partial charge in [-0.3, -0.25) is 4.98 Å². The Balaban J connectivity index is 1.53. The van der Waals surface area contributed by atoms with E-state index in [1.807, 2.05) is 48.3 Å². The van der Waals surface area contributed by atoms with E-state index < -0.39 is 0 Å². The first-order valence-corrected chi connectivity index (χ1v) is 9.52. The number of halogens is 1. The fourth-order valence-corrected chi connectivity index (χ4v) is 4.02. The van der Waals surface area contributed by atoms with Crippen molar-refractivity contribution in [3.05, 3.63) is 94.6 Å². The van der Waals surface area contributed by atoms with Gasteiger partial charge in [-0.1, -0.05) is 48.0 Å². The number of nitrogens with zero attached hydrogens (tertiary/aromatic N) is 2. The summed E-state index contributed by atoms with van der Waals surface area (Å²) in [5, 5.41) is 3.16. The summed E-state index contributed by atoms with van der Waals surface area (Å²) in [6.45, 7) is 0.856. The van der Waals surface area contributed by atoms with E-state index in [0.717, 1.165) is 28.5 Å². The summed E-state index contributed by atoms with van der Waals surface area (Å²) in [5.74, 6) is 0.884. The maximum absolute atomic E-state index is 6.16. The highest BCUT2D eigenvalue weighted by atomic mass is 35.5. The smallest absolute Gasteiger partial charge is 0.0758 e. The molecule has 2 nitrogen and oxygen atoms in total. The van der Waals surface area contributed by atoms with Crippen LogP contribution in [0.1, 0.15) is 5.56 Å². The molecule has 0 N–H and O–H groups in total. The average molecular weight is 365 g/mol. The number of para-hydroxylation sites is 1. The number of allylic oxidation sites excluding steroid dienone is 2. The Hall–Kier alpha value is -2.23. The molecule has 0 spiro atoms. The molecule has 1 aliphatic heterocycles. The predicted octanol–water partition coefficient (Wildman–Crippen LogP) is 6.04. The number of pyridine rings is 1. The Morgan fingerprint density at radius 2 is 2.00 bits per heavy atom. The molecule has 1 aromatic heterocycles. The van der Waals surface area contributed by atoms with Crippen LogP contribution < -0.4 is 4.90 Å². The van der Waals surface area contributed by atoms with Gasteiger partial charge in [-0.2, -0.15) is 0 Å². The molecule has 25 heavy (non-hydrogen) atoms. The number of aromatic nitrogens is 1. The molecule has 2 heterocycles. The van der Waals surface area contributed by atoms with Crippen LogP contribution in [0.2, 0.25) is 5.02 Å². The lowest BCUT2D eigenvalue weighted by molar-refractivity contribution is 1.06. The van der Waals surface area contributed by atoms with E-state index in [-0.39, 0.29) is 0 Å². The molecular formula is C21H17ClN2S. The fourth-order valence-electron chi connectivity index (χ4n) is 2.85. The molecule has 0 radical (unpaired) electrons. The minimum Gasteiger partial charge on any atom is -0.332 e. The van der Waals surface area contributed by atoms with E-state index in [1.54, 1.807) is 0 Å². The molecular weight excluding hydrogens is 348 g/mol. The number of benzene rings is 2. The molecule has 0 aliphatic carbocycles. The number of hydrogen-bond donors (Lipinski definition) is 0. The van der Waals surface area contributed by atoms with Gasteiger partial charge in [0.2, 0.25) is 0 Å². The fraction of sp³-hybridized carbons (Fsp3) is 0.0952. The molecule has 4 heteroatoms. The van der Waals surface area contributed by atoms with Crippen molar-refractivity contribution in [1.29, 1.82) is 0 Å². The second kappa shape index (κ2) is 7.34. The van der Waals surface area contributed by atoms with E-state index in [4.69, 9.17) is 11.6 Å². The molecule has 0 bridgehead atoms. The maximum atomic E-state index is 6.16. The van der Waals surface area contributed by atoms with Crippen LogP contribution in [0.15, 0.2) is 84.1 Å². The van der Waals surface area contributed by atoms with Gasteiger partial charge in [0.05, 0.1) is 10.5 Å². The summed E-state index contributed by atoms with van der Waals surface area (Å²) in [6, 6.07) is 18.4. The van der Waals surface area contributed by atoms with Crippen molar-refractivity contribution in [2.24, 2.45) is 0 Å². The number of fused-ring (bicyclic) bond motifs is 1. The van der Waals surface area contributed by atoms with Crippen LogP contribution in [0.3, 0.4) is 0 Å². The monoisotopic (exact) mass is 364 g/mol.